The van der Waals surface area contributed by atoms with Crippen LogP contribution < -0.4 is 10.6 Å². The number of amides is 1. The maximum atomic E-state index is 12.1. The second-order valence-electron chi connectivity index (χ2n) is 5.19. The van der Waals surface area contributed by atoms with E-state index >= 15 is 0 Å². The lowest BCUT2D eigenvalue weighted by Gasteiger charge is -2.35. The third-order valence-corrected chi connectivity index (χ3v) is 4.09. The molecule has 0 radical (unpaired) electrons. The molecule has 4 nitrogen and oxygen atoms in total. The number of nitrogens with one attached hydrogen (secondary N) is 2. The minimum atomic E-state index is 0.0606. The summed E-state index contributed by atoms with van der Waals surface area (Å²) < 4.78 is 1.07. The number of carbonyl (C=O) groups is 1. The molecular weight excluding hydrogens is 353 g/mol. The van der Waals surface area contributed by atoms with Crippen LogP contribution in [0.3, 0.4) is 0 Å². The van der Waals surface area contributed by atoms with E-state index in [-0.39, 0.29) is 5.91 Å². The van der Waals surface area contributed by atoms with Gasteiger partial charge >= 0.3 is 0 Å². The molecule has 0 spiro atoms. The fraction of sp³-hybridized carbons (Fsp3) is 0.500. The molecule has 19 heavy (non-hydrogen) atoms. The zero-order valence-electron chi connectivity index (χ0n) is 11.3. The number of nitrogens with zero attached hydrogens (tertiary/aromatic N) is 1. The summed E-state index contributed by atoms with van der Waals surface area (Å²) in [6.07, 6.45) is 0. The molecule has 2 atom stereocenters. The first kappa shape index (κ1) is 14.7. The molecule has 1 aromatic carbocycles. The van der Waals surface area contributed by atoms with E-state index in [1.807, 2.05) is 24.3 Å². The summed E-state index contributed by atoms with van der Waals surface area (Å²) in [5.41, 5.74) is 0.893. The summed E-state index contributed by atoms with van der Waals surface area (Å²) in [5.74, 6) is 0.0606. The van der Waals surface area contributed by atoms with Crippen LogP contribution in [-0.2, 0) is 4.79 Å². The van der Waals surface area contributed by atoms with Crippen molar-refractivity contribution >= 4 is 34.2 Å². The van der Waals surface area contributed by atoms with Crippen LogP contribution in [0.25, 0.3) is 0 Å². The molecule has 1 aromatic rings. The monoisotopic (exact) mass is 373 g/mol. The van der Waals surface area contributed by atoms with Crippen LogP contribution in [0.1, 0.15) is 13.8 Å². The van der Waals surface area contributed by atoms with Gasteiger partial charge < -0.3 is 10.6 Å². The largest absolute Gasteiger partial charge is 0.324 e. The Balaban J connectivity index is 1.89. The molecule has 0 aromatic heterocycles. The average Bonchev–Trinajstić information content (AvgIpc) is 2.30. The molecule has 2 unspecified atom stereocenters. The smallest absolute Gasteiger partial charge is 0.238 e. The molecule has 104 valence electrons. The minimum absolute atomic E-state index is 0.0606. The quantitative estimate of drug-likeness (QED) is 0.796. The van der Waals surface area contributed by atoms with E-state index in [0.717, 1.165) is 22.3 Å². The molecular formula is C14H20IN3O. The topological polar surface area (TPSA) is 44.4 Å². The highest BCUT2D eigenvalue weighted by Gasteiger charge is 2.22. The van der Waals surface area contributed by atoms with Gasteiger partial charge in [0.2, 0.25) is 5.91 Å². The van der Waals surface area contributed by atoms with Crippen LogP contribution in [0.5, 0.6) is 0 Å². The van der Waals surface area contributed by atoms with Gasteiger partial charge in [-0.1, -0.05) is 12.1 Å². The van der Waals surface area contributed by atoms with Gasteiger partial charge in [-0.15, -0.1) is 0 Å². The first-order valence-electron chi connectivity index (χ1n) is 6.57. The van der Waals surface area contributed by atoms with E-state index in [2.05, 4.69) is 52.0 Å². The predicted octanol–water partition coefficient (Wildman–Crippen LogP) is 1.91. The van der Waals surface area contributed by atoms with Gasteiger partial charge in [-0.05, 0) is 48.6 Å². The van der Waals surface area contributed by atoms with Crippen molar-refractivity contribution in [2.45, 2.75) is 25.9 Å². The van der Waals surface area contributed by atoms with Crippen molar-refractivity contribution in [3.05, 3.63) is 27.8 Å². The zero-order chi connectivity index (χ0) is 13.8. The lowest BCUT2D eigenvalue weighted by molar-refractivity contribution is -0.117. The molecule has 0 saturated carbocycles. The summed E-state index contributed by atoms with van der Waals surface area (Å²) >= 11 is 2.23. The van der Waals surface area contributed by atoms with E-state index < -0.39 is 0 Å². The lowest BCUT2D eigenvalue weighted by Crippen LogP contribution is -2.55. The second-order valence-corrected chi connectivity index (χ2v) is 6.35. The van der Waals surface area contributed by atoms with Crippen molar-refractivity contribution in [3.8, 4) is 0 Å². The molecule has 2 rings (SSSR count). The Hall–Kier alpha value is -0.660. The first-order chi connectivity index (χ1) is 9.04. The maximum absolute atomic E-state index is 12.1. The van der Waals surface area contributed by atoms with Crippen LogP contribution in [0.2, 0.25) is 0 Å². The number of halogens is 1. The summed E-state index contributed by atoms with van der Waals surface area (Å²) in [4.78, 5) is 14.3. The fourth-order valence-electron chi connectivity index (χ4n) is 2.52. The van der Waals surface area contributed by atoms with Crippen molar-refractivity contribution in [3.63, 3.8) is 0 Å². The van der Waals surface area contributed by atoms with Crippen molar-refractivity contribution in [2.75, 3.05) is 25.0 Å². The van der Waals surface area contributed by atoms with Crippen LogP contribution in [0.4, 0.5) is 5.69 Å². The van der Waals surface area contributed by atoms with E-state index in [4.69, 9.17) is 0 Å². The number of hydrogen-bond donors (Lipinski definition) is 2. The van der Waals surface area contributed by atoms with Crippen molar-refractivity contribution < 1.29 is 4.79 Å². The van der Waals surface area contributed by atoms with Gasteiger partial charge in [-0.3, -0.25) is 9.69 Å². The molecule has 0 bridgehead atoms. The summed E-state index contributed by atoms with van der Waals surface area (Å²) in [5, 5.41) is 6.45. The van der Waals surface area contributed by atoms with E-state index in [1.54, 1.807) is 0 Å². The van der Waals surface area contributed by atoms with Gasteiger partial charge in [0.05, 0.1) is 12.2 Å². The maximum Gasteiger partial charge on any atom is 0.238 e. The third-order valence-electron chi connectivity index (χ3n) is 3.15. The van der Waals surface area contributed by atoms with Gasteiger partial charge in [-0.25, -0.2) is 0 Å². The Kier molecular flexibility index (Phi) is 5.18. The SMILES string of the molecule is CC1CN(CC(=O)Nc2ccccc2I)CC(C)N1. The van der Waals surface area contributed by atoms with Crippen molar-refractivity contribution in [2.24, 2.45) is 0 Å². The molecule has 1 aliphatic rings. The Morgan fingerprint density at radius 1 is 1.37 bits per heavy atom. The molecule has 1 heterocycles. The lowest BCUT2D eigenvalue weighted by atomic mass is 10.1. The molecule has 1 saturated heterocycles. The Morgan fingerprint density at radius 3 is 2.63 bits per heavy atom. The molecule has 0 aliphatic carbocycles. The number of para-hydroxylation sites is 1. The molecule has 1 amide bonds. The number of hydrogen-bond acceptors (Lipinski definition) is 3. The van der Waals surface area contributed by atoms with Gasteiger partial charge in [0.1, 0.15) is 0 Å². The van der Waals surface area contributed by atoms with Gasteiger partial charge in [-0.2, -0.15) is 0 Å². The Labute approximate surface area is 128 Å². The standard InChI is InChI=1S/C14H20IN3O/c1-10-7-18(8-11(2)16-10)9-14(19)17-13-6-4-3-5-12(13)15/h3-6,10-11,16H,7-9H2,1-2H3,(H,17,19). The van der Waals surface area contributed by atoms with Crippen LogP contribution in [0.15, 0.2) is 24.3 Å². The molecule has 1 aliphatic heterocycles. The van der Waals surface area contributed by atoms with Crippen molar-refractivity contribution in [1.29, 1.82) is 0 Å². The van der Waals surface area contributed by atoms with Crippen molar-refractivity contribution in [1.82, 2.24) is 10.2 Å². The minimum Gasteiger partial charge on any atom is -0.324 e. The first-order valence-corrected chi connectivity index (χ1v) is 7.65. The summed E-state index contributed by atoms with van der Waals surface area (Å²) in [6.45, 7) is 6.61. The van der Waals surface area contributed by atoms with Crippen LogP contribution in [0, 0.1) is 3.57 Å². The predicted molar refractivity (Wildman–Crippen MR) is 86.3 cm³/mol. The third kappa shape index (κ3) is 4.43. The van der Waals surface area contributed by atoms with E-state index in [9.17, 15) is 4.79 Å². The Morgan fingerprint density at radius 2 is 2.00 bits per heavy atom. The number of benzene rings is 1. The number of rotatable bonds is 3. The van der Waals surface area contributed by atoms with Gasteiger partial charge in [0, 0.05) is 28.7 Å². The highest BCUT2D eigenvalue weighted by molar-refractivity contribution is 14.1. The number of piperazine rings is 1. The van der Waals surface area contributed by atoms with E-state index in [1.165, 1.54) is 0 Å². The zero-order valence-corrected chi connectivity index (χ0v) is 13.5. The van der Waals surface area contributed by atoms with Crippen LogP contribution in [-0.4, -0.2) is 42.5 Å². The number of anilines is 1. The second kappa shape index (κ2) is 6.67. The molecule has 1 fully saturated rings. The molecule has 5 heteroatoms. The summed E-state index contributed by atoms with van der Waals surface area (Å²) in [7, 11) is 0. The highest BCUT2D eigenvalue weighted by atomic mass is 127. The van der Waals surface area contributed by atoms with Gasteiger partial charge in [0.25, 0.3) is 0 Å². The molecule has 2 N–H and O–H groups in total. The van der Waals surface area contributed by atoms with E-state index in [0.29, 0.717) is 18.6 Å². The fourth-order valence-corrected chi connectivity index (χ4v) is 3.05. The Bertz CT molecular complexity index is 442. The highest BCUT2D eigenvalue weighted by Crippen LogP contribution is 2.16. The summed E-state index contributed by atoms with van der Waals surface area (Å²) in [6, 6.07) is 8.71. The van der Waals surface area contributed by atoms with Gasteiger partial charge in [0.15, 0.2) is 0 Å². The number of carbonyl (C=O) groups excluding carboxylic acids is 1. The normalized spacial score (nSPS) is 24.2. The average molecular weight is 373 g/mol. The van der Waals surface area contributed by atoms with Crippen LogP contribution >= 0.6 is 22.6 Å².